The fourth-order valence-corrected chi connectivity index (χ4v) is 2.31. The van der Waals surface area contributed by atoms with Crippen LogP contribution in [0.25, 0.3) is 0 Å². The number of aromatic nitrogens is 2. The van der Waals surface area contributed by atoms with E-state index in [4.69, 9.17) is 0 Å². The van der Waals surface area contributed by atoms with Crippen LogP contribution in [0.3, 0.4) is 0 Å². The largest absolute Gasteiger partial charge is 0.389 e. The summed E-state index contributed by atoms with van der Waals surface area (Å²) in [6, 6.07) is 7.92. The number of anilines is 1. The van der Waals surface area contributed by atoms with Crippen molar-refractivity contribution in [3.63, 3.8) is 0 Å². The number of aliphatic hydroxyl groups excluding tert-OH is 1. The Morgan fingerprint density at radius 1 is 1.50 bits per heavy atom. The molecule has 0 saturated carbocycles. The van der Waals surface area contributed by atoms with Gasteiger partial charge in [0, 0.05) is 29.1 Å². The summed E-state index contributed by atoms with van der Waals surface area (Å²) in [5, 5.41) is 17.2. The predicted octanol–water partition coefficient (Wildman–Crippen LogP) is 2.43. The molecule has 4 nitrogen and oxygen atoms in total. The maximum absolute atomic E-state index is 9.89. The van der Waals surface area contributed by atoms with Crippen LogP contribution in [-0.2, 0) is 6.54 Å². The van der Waals surface area contributed by atoms with Gasteiger partial charge in [0.1, 0.15) is 0 Å². The van der Waals surface area contributed by atoms with Gasteiger partial charge < -0.3 is 10.4 Å². The van der Waals surface area contributed by atoms with Crippen molar-refractivity contribution in [1.82, 2.24) is 9.78 Å². The monoisotopic (exact) mass is 309 g/mol. The topological polar surface area (TPSA) is 50.1 Å². The molecule has 1 aromatic heterocycles. The third-order valence-corrected chi connectivity index (χ3v) is 3.27. The fraction of sp³-hybridized carbons (Fsp3) is 0.308. The molecular weight excluding hydrogens is 294 g/mol. The Labute approximate surface area is 115 Å². The SMILES string of the molecule is Cc1ccc(NCC(O)Cn2cccn2)c(Br)c1. The lowest BCUT2D eigenvalue weighted by Crippen LogP contribution is -2.25. The van der Waals surface area contributed by atoms with Gasteiger partial charge in [-0.2, -0.15) is 5.10 Å². The van der Waals surface area contributed by atoms with Gasteiger partial charge in [-0.25, -0.2) is 0 Å². The van der Waals surface area contributed by atoms with E-state index in [1.165, 1.54) is 5.56 Å². The van der Waals surface area contributed by atoms with Crippen LogP contribution in [0.4, 0.5) is 5.69 Å². The van der Waals surface area contributed by atoms with Crippen LogP contribution in [0.5, 0.6) is 0 Å². The smallest absolute Gasteiger partial charge is 0.0907 e. The summed E-state index contributed by atoms with van der Waals surface area (Å²) in [5.74, 6) is 0. The summed E-state index contributed by atoms with van der Waals surface area (Å²) >= 11 is 3.50. The number of hydrogen-bond donors (Lipinski definition) is 2. The molecular formula is C13H16BrN3O. The van der Waals surface area contributed by atoms with E-state index in [-0.39, 0.29) is 0 Å². The Morgan fingerprint density at radius 3 is 3.00 bits per heavy atom. The van der Waals surface area contributed by atoms with Crippen LogP contribution in [-0.4, -0.2) is 27.5 Å². The summed E-state index contributed by atoms with van der Waals surface area (Å²) in [6.45, 7) is 3.02. The molecule has 2 aromatic rings. The van der Waals surface area contributed by atoms with Gasteiger partial charge in [-0.05, 0) is 46.6 Å². The molecule has 0 aliphatic rings. The van der Waals surface area contributed by atoms with Crippen molar-refractivity contribution < 1.29 is 5.11 Å². The highest BCUT2D eigenvalue weighted by Gasteiger charge is 2.06. The van der Waals surface area contributed by atoms with E-state index in [1.54, 1.807) is 10.9 Å². The molecule has 0 radical (unpaired) electrons. The zero-order chi connectivity index (χ0) is 13.0. The van der Waals surface area contributed by atoms with Crippen LogP contribution < -0.4 is 5.32 Å². The van der Waals surface area contributed by atoms with Gasteiger partial charge in [-0.15, -0.1) is 0 Å². The lowest BCUT2D eigenvalue weighted by molar-refractivity contribution is 0.161. The number of halogens is 1. The highest BCUT2D eigenvalue weighted by molar-refractivity contribution is 9.10. The maximum Gasteiger partial charge on any atom is 0.0907 e. The number of nitrogens with zero attached hydrogens (tertiary/aromatic N) is 2. The minimum Gasteiger partial charge on any atom is -0.389 e. The molecule has 1 heterocycles. The second kappa shape index (κ2) is 6.02. The Hall–Kier alpha value is -1.33. The summed E-state index contributed by atoms with van der Waals surface area (Å²) in [4.78, 5) is 0. The molecule has 0 saturated heterocycles. The molecule has 0 fully saturated rings. The molecule has 0 bridgehead atoms. The average molecular weight is 310 g/mol. The number of benzene rings is 1. The van der Waals surface area contributed by atoms with E-state index in [0.29, 0.717) is 13.1 Å². The highest BCUT2D eigenvalue weighted by atomic mass is 79.9. The minimum absolute atomic E-state index is 0.474. The summed E-state index contributed by atoms with van der Waals surface area (Å²) in [5.41, 5.74) is 2.18. The zero-order valence-corrected chi connectivity index (χ0v) is 11.8. The van der Waals surface area contributed by atoms with Crippen LogP contribution >= 0.6 is 15.9 Å². The van der Waals surface area contributed by atoms with E-state index in [1.807, 2.05) is 37.4 Å². The van der Waals surface area contributed by atoms with Gasteiger partial charge in [0.05, 0.1) is 12.6 Å². The lowest BCUT2D eigenvalue weighted by Gasteiger charge is -2.14. The van der Waals surface area contributed by atoms with E-state index in [9.17, 15) is 5.11 Å². The van der Waals surface area contributed by atoms with Gasteiger partial charge in [0.15, 0.2) is 0 Å². The van der Waals surface area contributed by atoms with Crippen molar-refractivity contribution >= 4 is 21.6 Å². The molecule has 0 aliphatic carbocycles. The third-order valence-electron chi connectivity index (χ3n) is 2.61. The molecule has 2 rings (SSSR count). The molecule has 96 valence electrons. The van der Waals surface area contributed by atoms with Crippen LogP contribution in [0, 0.1) is 6.92 Å². The van der Waals surface area contributed by atoms with Gasteiger partial charge in [0.2, 0.25) is 0 Å². The van der Waals surface area contributed by atoms with Gasteiger partial charge in [-0.1, -0.05) is 6.07 Å². The van der Waals surface area contributed by atoms with Crippen LogP contribution in [0.1, 0.15) is 5.56 Å². The summed E-state index contributed by atoms with van der Waals surface area (Å²) < 4.78 is 2.73. The third kappa shape index (κ3) is 3.58. The zero-order valence-electron chi connectivity index (χ0n) is 10.2. The second-order valence-corrected chi connectivity index (χ2v) is 5.10. The normalized spacial score (nSPS) is 12.4. The number of hydrogen-bond acceptors (Lipinski definition) is 3. The molecule has 5 heteroatoms. The predicted molar refractivity (Wildman–Crippen MR) is 75.6 cm³/mol. The molecule has 18 heavy (non-hydrogen) atoms. The molecule has 2 N–H and O–H groups in total. The van der Waals surface area contributed by atoms with Crippen molar-refractivity contribution in [2.24, 2.45) is 0 Å². The number of aryl methyl sites for hydroxylation is 1. The molecule has 1 unspecified atom stereocenters. The Morgan fingerprint density at radius 2 is 2.33 bits per heavy atom. The maximum atomic E-state index is 9.89. The van der Waals surface area contributed by atoms with Crippen molar-refractivity contribution in [2.45, 2.75) is 19.6 Å². The van der Waals surface area contributed by atoms with E-state index in [0.717, 1.165) is 10.2 Å². The van der Waals surface area contributed by atoms with Crippen molar-refractivity contribution in [1.29, 1.82) is 0 Å². The first-order chi connectivity index (χ1) is 8.65. The molecule has 0 spiro atoms. The second-order valence-electron chi connectivity index (χ2n) is 4.25. The van der Waals surface area contributed by atoms with Crippen molar-refractivity contribution in [2.75, 3.05) is 11.9 Å². The molecule has 0 amide bonds. The van der Waals surface area contributed by atoms with Crippen molar-refractivity contribution in [3.8, 4) is 0 Å². The Bertz CT molecular complexity index is 499. The first-order valence-electron chi connectivity index (χ1n) is 5.80. The highest BCUT2D eigenvalue weighted by Crippen LogP contribution is 2.23. The first kappa shape index (κ1) is 13.1. The Kier molecular flexibility index (Phi) is 4.38. The fourth-order valence-electron chi connectivity index (χ4n) is 1.68. The molecule has 1 aromatic carbocycles. The number of aliphatic hydroxyl groups is 1. The van der Waals surface area contributed by atoms with E-state index >= 15 is 0 Å². The molecule has 1 atom stereocenters. The van der Waals surface area contributed by atoms with Crippen molar-refractivity contribution in [3.05, 3.63) is 46.7 Å². The average Bonchev–Trinajstić information content (AvgIpc) is 2.80. The number of rotatable bonds is 5. The standard InChI is InChI=1S/C13H16BrN3O/c1-10-3-4-13(12(14)7-10)15-8-11(18)9-17-6-2-5-16-17/h2-7,11,15,18H,8-9H2,1H3. The summed E-state index contributed by atoms with van der Waals surface area (Å²) in [6.07, 6.45) is 3.07. The Balaban J connectivity index is 1.87. The minimum atomic E-state index is -0.474. The van der Waals surface area contributed by atoms with Crippen LogP contribution in [0.2, 0.25) is 0 Å². The van der Waals surface area contributed by atoms with Gasteiger partial charge >= 0.3 is 0 Å². The van der Waals surface area contributed by atoms with Crippen LogP contribution in [0.15, 0.2) is 41.1 Å². The van der Waals surface area contributed by atoms with Gasteiger partial charge in [0.25, 0.3) is 0 Å². The molecule has 0 aliphatic heterocycles. The summed E-state index contributed by atoms with van der Waals surface area (Å²) in [7, 11) is 0. The first-order valence-corrected chi connectivity index (χ1v) is 6.60. The van der Waals surface area contributed by atoms with E-state index < -0.39 is 6.10 Å². The number of nitrogens with one attached hydrogen (secondary N) is 1. The quantitative estimate of drug-likeness (QED) is 0.892. The van der Waals surface area contributed by atoms with E-state index in [2.05, 4.69) is 26.3 Å². The lowest BCUT2D eigenvalue weighted by atomic mass is 10.2. The van der Waals surface area contributed by atoms with Gasteiger partial charge in [-0.3, -0.25) is 4.68 Å².